The summed E-state index contributed by atoms with van der Waals surface area (Å²) in [6.45, 7) is -0.180. The second-order valence-corrected chi connectivity index (χ2v) is 7.10. The molecule has 4 heterocycles. The van der Waals surface area contributed by atoms with Crippen molar-refractivity contribution in [3.05, 3.63) is 51.3 Å². The van der Waals surface area contributed by atoms with Crippen LogP contribution in [0.4, 0.5) is 5.88 Å². The van der Waals surface area contributed by atoms with Gasteiger partial charge in [-0.1, -0.05) is 11.2 Å². The fraction of sp³-hybridized carbons (Fsp3) is 0.200. The van der Waals surface area contributed by atoms with Crippen LogP contribution in [0.2, 0.25) is 0 Å². The van der Waals surface area contributed by atoms with Crippen LogP contribution in [0.1, 0.15) is 11.3 Å². The van der Waals surface area contributed by atoms with Crippen LogP contribution in [0.3, 0.4) is 0 Å². The van der Waals surface area contributed by atoms with E-state index in [-0.39, 0.29) is 18.0 Å². The van der Waals surface area contributed by atoms with Crippen molar-refractivity contribution >= 4 is 34.9 Å². The summed E-state index contributed by atoms with van der Waals surface area (Å²) in [4.78, 5) is 25.1. The maximum Gasteiger partial charge on any atom is 0.267 e. The van der Waals surface area contributed by atoms with Gasteiger partial charge < -0.3 is 4.52 Å². The minimum atomic E-state index is -0.372. The molecule has 24 heavy (non-hydrogen) atoms. The van der Waals surface area contributed by atoms with Gasteiger partial charge in [0.2, 0.25) is 11.8 Å². The van der Waals surface area contributed by atoms with Gasteiger partial charge in [-0.05, 0) is 17.5 Å². The van der Waals surface area contributed by atoms with Gasteiger partial charge in [-0.3, -0.25) is 14.9 Å². The van der Waals surface area contributed by atoms with E-state index < -0.39 is 0 Å². The molecule has 7 nitrogen and oxygen atoms in total. The summed E-state index contributed by atoms with van der Waals surface area (Å²) in [5.74, 6) is 1.55. The first-order valence-electron chi connectivity index (χ1n) is 7.18. The lowest BCUT2D eigenvalue weighted by Crippen LogP contribution is -2.29. The first-order chi connectivity index (χ1) is 11.7. The van der Waals surface area contributed by atoms with E-state index in [1.807, 2.05) is 17.5 Å². The van der Waals surface area contributed by atoms with Crippen LogP contribution in [-0.2, 0) is 22.8 Å². The average molecular weight is 360 g/mol. The molecule has 0 aromatic carbocycles. The van der Waals surface area contributed by atoms with Gasteiger partial charge in [0.25, 0.3) is 5.56 Å². The molecule has 0 bridgehead atoms. The molecule has 0 unspecified atom stereocenters. The Morgan fingerprint density at radius 1 is 1.33 bits per heavy atom. The fourth-order valence-corrected chi connectivity index (χ4v) is 4.09. The highest BCUT2D eigenvalue weighted by Gasteiger charge is 2.23. The SMILES string of the molecule is O=C(Cn1nc(-c2cccs2)ccc1=O)Nc1onc2c1CSC2. The summed E-state index contributed by atoms with van der Waals surface area (Å²) < 4.78 is 6.31. The number of aromatic nitrogens is 3. The summed E-state index contributed by atoms with van der Waals surface area (Å²) in [7, 11) is 0. The number of thioether (sulfide) groups is 1. The van der Waals surface area contributed by atoms with Crippen LogP contribution in [0.25, 0.3) is 10.6 Å². The summed E-state index contributed by atoms with van der Waals surface area (Å²) in [6.07, 6.45) is 0. The van der Waals surface area contributed by atoms with Crippen molar-refractivity contribution in [2.75, 3.05) is 5.32 Å². The Morgan fingerprint density at radius 3 is 3.08 bits per heavy atom. The lowest BCUT2D eigenvalue weighted by molar-refractivity contribution is -0.117. The molecular formula is C15H12N4O3S2. The molecule has 1 aliphatic heterocycles. The fourth-order valence-electron chi connectivity index (χ4n) is 2.37. The van der Waals surface area contributed by atoms with Crippen molar-refractivity contribution in [2.45, 2.75) is 18.1 Å². The van der Waals surface area contributed by atoms with Crippen LogP contribution in [0.5, 0.6) is 0 Å². The molecule has 0 saturated carbocycles. The molecule has 0 atom stereocenters. The number of hydrogen-bond donors (Lipinski definition) is 1. The second-order valence-electron chi connectivity index (χ2n) is 5.17. The molecule has 1 aliphatic rings. The minimum Gasteiger partial charge on any atom is -0.338 e. The molecule has 9 heteroatoms. The molecule has 0 aliphatic carbocycles. The molecule has 0 saturated heterocycles. The number of rotatable bonds is 4. The van der Waals surface area contributed by atoms with Gasteiger partial charge in [0.15, 0.2) is 0 Å². The Hall–Kier alpha value is -2.39. The monoisotopic (exact) mass is 360 g/mol. The number of carbonyl (C=O) groups is 1. The number of hydrogen-bond acceptors (Lipinski definition) is 7. The van der Waals surface area contributed by atoms with E-state index in [4.69, 9.17) is 4.52 Å². The Morgan fingerprint density at radius 2 is 2.25 bits per heavy atom. The highest BCUT2D eigenvalue weighted by molar-refractivity contribution is 7.98. The molecule has 0 fully saturated rings. The van der Waals surface area contributed by atoms with E-state index in [1.54, 1.807) is 17.8 Å². The van der Waals surface area contributed by atoms with Gasteiger partial charge in [-0.15, -0.1) is 11.3 Å². The zero-order valence-corrected chi connectivity index (χ0v) is 14.0. The molecule has 1 amide bonds. The lowest BCUT2D eigenvalue weighted by atomic mass is 10.3. The summed E-state index contributed by atoms with van der Waals surface area (Å²) in [6, 6.07) is 6.89. The number of nitrogens with one attached hydrogen (secondary N) is 1. The first kappa shape index (κ1) is 15.2. The van der Waals surface area contributed by atoms with E-state index >= 15 is 0 Å². The topological polar surface area (TPSA) is 90.0 Å². The molecule has 1 N–H and O–H groups in total. The Balaban J connectivity index is 1.53. The number of anilines is 1. The standard InChI is InChI=1S/C15H12N4O3S2/c20-13(16-15-9-7-23-8-11(9)18-22-15)6-19-14(21)4-3-10(17-19)12-2-1-5-24-12/h1-5H,6-8H2,(H,16,20). The maximum absolute atomic E-state index is 12.2. The van der Waals surface area contributed by atoms with E-state index in [0.717, 1.165) is 32.3 Å². The lowest BCUT2D eigenvalue weighted by Gasteiger charge is -2.06. The smallest absolute Gasteiger partial charge is 0.267 e. The second kappa shape index (κ2) is 6.25. The molecule has 0 radical (unpaired) electrons. The summed E-state index contributed by atoms with van der Waals surface area (Å²) in [5.41, 5.74) is 2.12. The minimum absolute atomic E-state index is 0.180. The normalized spacial score (nSPS) is 13.0. The molecule has 3 aromatic rings. The average Bonchev–Trinajstić information content (AvgIpc) is 3.28. The Bertz CT molecular complexity index is 946. The van der Waals surface area contributed by atoms with Crippen molar-refractivity contribution in [1.29, 1.82) is 0 Å². The van der Waals surface area contributed by atoms with E-state index in [0.29, 0.717) is 11.6 Å². The predicted octanol–water partition coefficient (Wildman–Crippen LogP) is 2.35. The van der Waals surface area contributed by atoms with Gasteiger partial charge in [0.1, 0.15) is 12.2 Å². The van der Waals surface area contributed by atoms with Crippen LogP contribution in [0.15, 0.2) is 39.0 Å². The van der Waals surface area contributed by atoms with E-state index in [1.165, 1.54) is 17.4 Å². The molecule has 4 rings (SSSR count). The van der Waals surface area contributed by atoms with Crippen molar-refractivity contribution < 1.29 is 9.32 Å². The van der Waals surface area contributed by atoms with Gasteiger partial charge in [0.05, 0.1) is 16.1 Å². The number of carbonyl (C=O) groups excluding carboxylic acids is 1. The molecule has 3 aromatic heterocycles. The molecule has 0 spiro atoms. The van der Waals surface area contributed by atoms with Gasteiger partial charge in [-0.25, -0.2) is 4.68 Å². The van der Waals surface area contributed by atoms with E-state index in [2.05, 4.69) is 15.6 Å². The van der Waals surface area contributed by atoms with Crippen LogP contribution in [-0.4, -0.2) is 20.8 Å². The van der Waals surface area contributed by atoms with Crippen molar-refractivity contribution in [1.82, 2.24) is 14.9 Å². The molecular weight excluding hydrogens is 348 g/mol. The van der Waals surface area contributed by atoms with E-state index in [9.17, 15) is 9.59 Å². The first-order valence-corrected chi connectivity index (χ1v) is 9.21. The summed E-state index contributed by atoms with van der Waals surface area (Å²) in [5, 5.41) is 12.8. The van der Waals surface area contributed by atoms with Crippen LogP contribution >= 0.6 is 23.1 Å². The van der Waals surface area contributed by atoms with Crippen LogP contribution < -0.4 is 10.9 Å². The highest BCUT2D eigenvalue weighted by Crippen LogP contribution is 2.34. The van der Waals surface area contributed by atoms with Crippen LogP contribution in [0, 0.1) is 0 Å². The zero-order chi connectivity index (χ0) is 16.5. The third kappa shape index (κ3) is 2.87. The van der Waals surface area contributed by atoms with Crippen molar-refractivity contribution in [3.63, 3.8) is 0 Å². The van der Waals surface area contributed by atoms with Crippen molar-refractivity contribution in [3.8, 4) is 10.6 Å². The van der Waals surface area contributed by atoms with Gasteiger partial charge in [-0.2, -0.15) is 16.9 Å². The number of thiophene rings is 1. The van der Waals surface area contributed by atoms with Crippen molar-refractivity contribution in [2.24, 2.45) is 0 Å². The third-order valence-corrected chi connectivity index (χ3v) is 5.40. The quantitative estimate of drug-likeness (QED) is 0.768. The highest BCUT2D eigenvalue weighted by atomic mass is 32.2. The number of amides is 1. The maximum atomic E-state index is 12.2. The summed E-state index contributed by atoms with van der Waals surface area (Å²) >= 11 is 3.24. The zero-order valence-electron chi connectivity index (χ0n) is 12.4. The predicted molar refractivity (Wildman–Crippen MR) is 91.9 cm³/mol. The van der Waals surface area contributed by atoms with Gasteiger partial charge >= 0.3 is 0 Å². The Kier molecular flexibility index (Phi) is 3.95. The van der Waals surface area contributed by atoms with Gasteiger partial charge in [0, 0.05) is 17.6 Å². The largest absolute Gasteiger partial charge is 0.338 e. The number of fused-ring (bicyclic) bond motifs is 1. The third-order valence-electron chi connectivity index (χ3n) is 3.54. The Labute approximate surface area is 144 Å². The molecule has 122 valence electrons. The number of nitrogens with zero attached hydrogens (tertiary/aromatic N) is 3.